The van der Waals surface area contributed by atoms with Crippen LogP contribution in [0.5, 0.6) is 0 Å². The fourth-order valence-corrected chi connectivity index (χ4v) is 4.33. The topological polar surface area (TPSA) is 39.9 Å². The molecule has 2 aromatic rings. The second kappa shape index (κ2) is 7.65. The van der Waals surface area contributed by atoms with E-state index in [2.05, 4.69) is 34.1 Å². The summed E-state index contributed by atoms with van der Waals surface area (Å²) >= 11 is 6.76. The van der Waals surface area contributed by atoms with Crippen LogP contribution in [0.4, 0.5) is 5.69 Å². The summed E-state index contributed by atoms with van der Waals surface area (Å²) in [6.07, 6.45) is 3.35. The summed E-state index contributed by atoms with van der Waals surface area (Å²) in [5.41, 5.74) is 1.25. The predicted octanol–water partition coefficient (Wildman–Crippen LogP) is 3.26. The third kappa shape index (κ3) is 3.70. The van der Waals surface area contributed by atoms with Gasteiger partial charge in [-0.2, -0.15) is 0 Å². The molecular formula is C19H19N3O2S2. The van der Waals surface area contributed by atoms with Crippen LogP contribution in [0, 0.1) is 0 Å². The summed E-state index contributed by atoms with van der Waals surface area (Å²) in [4.78, 5) is 19.6. The van der Waals surface area contributed by atoms with E-state index in [4.69, 9.17) is 16.6 Å². The number of thiocarbonyl (C=S) groups is 1. The highest BCUT2D eigenvalue weighted by Gasteiger charge is 2.34. The van der Waals surface area contributed by atoms with Gasteiger partial charge in [-0.15, -0.1) is 0 Å². The van der Waals surface area contributed by atoms with Crippen molar-refractivity contribution in [2.24, 2.45) is 0 Å². The van der Waals surface area contributed by atoms with Crippen molar-refractivity contribution in [3.05, 3.63) is 59.4 Å². The van der Waals surface area contributed by atoms with Gasteiger partial charge >= 0.3 is 0 Å². The molecule has 1 aromatic heterocycles. The van der Waals surface area contributed by atoms with Crippen LogP contribution in [0.25, 0.3) is 6.08 Å². The highest BCUT2D eigenvalue weighted by molar-refractivity contribution is 8.26. The van der Waals surface area contributed by atoms with E-state index in [0.717, 1.165) is 26.2 Å². The number of carbonyl (C=O) groups is 1. The third-order valence-corrected chi connectivity index (χ3v) is 5.90. The van der Waals surface area contributed by atoms with Crippen molar-refractivity contribution in [1.29, 1.82) is 0 Å². The van der Waals surface area contributed by atoms with Gasteiger partial charge in [-0.05, 0) is 24.3 Å². The Bertz CT molecular complexity index is 813. The maximum atomic E-state index is 12.7. The average Bonchev–Trinajstić information content (AvgIpc) is 3.27. The lowest BCUT2D eigenvalue weighted by Crippen LogP contribution is -2.50. The normalized spacial score (nSPS) is 20.4. The van der Waals surface area contributed by atoms with Gasteiger partial charge in [0.25, 0.3) is 5.91 Å². The van der Waals surface area contributed by atoms with E-state index in [1.807, 2.05) is 12.1 Å². The van der Waals surface area contributed by atoms with Crippen LogP contribution in [0.1, 0.15) is 5.76 Å². The molecular weight excluding hydrogens is 366 g/mol. The number of para-hydroxylation sites is 1. The molecule has 26 heavy (non-hydrogen) atoms. The summed E-state index contributed by atoms with van der Waals surface area (Å²) in [5.74, 6) is 0.629. The van der Waals surface area contributed by atoms with Gasteiger partial charge < -0.3 is 9.32 Å². The second-order valence-electron chi connectivity index (χ2n) is 6.21. The number of furan rings is 1. The lowest BCUT2D eigenvalue weighted by Gasteiger charge is -2.37. The number of carbonyl (C=O) groups excluding carboxylic acids is 1. The molecule has 0 saturated carbocycles. The van der Waals surface area contributed by atoms with E-state index in [-0.39, 0.29) is 5.91 Å². The van der Waals surface area contributed by atoms with Gasteiger partial charge in [0.1, 0.15) is 10.1 Å². The first kappa shape index (κ1) is 17.3. The molecule has 4 rings (SSSR count). The fraction of sp³-hybridized carbons (Fsp3) is 0.263. The van der Waals surface area contributed by atoms with Gasteiger partial charge in [0.15, 0.2) is 0 Å². The largest absolute Gasteiger partial charge is 0.465 e. The molecule has 134 valence electrons. The van der Waals surface area contributed by atoms with Crippen molar-refractivity contribution in [2.75, 3.05) is 37.7 Å². The minimum absolute atomic E-state index is 0.0399. The first-order valence-electron chi connectivity index (χ1n) is 8.52. The molecule has 1 amide bonds. The van der Waals surface area contributed by atoms with E-state index in [1.54, 1.807) is 23.3 Å². The SMILES string of the molecule is O=C1C(=Cc2ccco2)SC(=S)N1CN1CCN(c2ccccc2)CC1. The van der Waals surface area contributed by atoms with Gasteiger partial charge in [-0.1, -0.05) is 42.2 Å². The maximum absolute atomic E-state index is 12.7. The van der Waals surface area contributed by atoms with E-state index in [9.17, 15) is 4.79 Å². The van der Waals surface area contributed by atoms with Crippen molar-refractivity contribution in [3.63, 3.8) is 0 Å². The monoisotopic (exact) mass is 385 g/mol. The first-order chi connectivity index (χ1) is 12.7. The van der Waals surface area contributed by atoms with Gasteiger partial charge in [0.05, 0.1) is 17.8 Å². The molecule has 2 saturated heterocycles. The summed E-state index contributed by atoms with van der Waals surface area (Å²) in [6.45, 7) is 4.25. The number of hydrogen-bond donors (Lipinski definition) is 0. The molecule has 5 nitrogen and oxygen atoms in total. The maximum Gasteiger partial charge on any atom is 0.267 e. The molecule has 2 fully saturated rings. The fourth-order valence-electron chi connectivity index (χ4n) is 3.11. The van der Waals surface area contributed by atoms with Crippen LogP contribution in [0.3, 0.4) is 0 Å². The highest BCUT2D eigenvalue weighted by Crippen LogP contribution is 2.32. The van der Waals surface area contributed by atoms with E-state index < -0.39 is 0 Å². The molecule has 0 bridgehead atoms. The zero-order valence-corrected chi connectivity index (χ0v) is 15.8. The molecule has 1 aromatic carbocycles. The number of thioether (sulfide) groups is 1. The predicted molar refractivity (Wildman–Crippen MR) is 109 cm³/mol. The van der Waals surface area contributed by atoms with Gasteiger partial charge in [-0.25, -0.2) is 0 Å². The Balaban J connectivity index is 1.36. The number of nitrogens with zero attached hydrogens (tertiary/aromatic N) is 3. The van der Waals surface area contributed by atoms with Crippen LogP contribution in [0.15, 0.2) is 58.1 Å². The van der Waals surface area contributed by atoms with Gasteiger partial charge in [0.2, 0.25) is 0 Å². The lowest BCUT2D eigenvalue weighted by atomic mass is 10.2. The number of rotatable bonds is 4. The Labute approximate surface area is 162 Å². The van der Waals surface area contributed by atoms with Crippen molar-refractivity contribution in [3.8, 4) is 0 Å². The Morgan fingerprint density at radius 3 is 2.54 bits per heavy atom. The average molecular weight is 386 g/mol. The molecule has 0 N–H and O–H groups in total. The van der Waals surface area contributed by atoms with Crippen LogP contribution in [-0.4, -0.2) is 52.9 Å². The molecule has 0 unspecified atom stereocenters. The smallest absolute Gasteiger partial charge is 0.267 e. The Morgan fingerprint density at radius 2 is 1.85 bits per heavy atom. The minimum atomic E-state index is -0.0399. The van der Waals surface area contributed by atoms with Gasteiger partial charge in [0, 0.05) is 37.9 Å². The van der Waals surface area contributed by atoms with Gasteiger partial charge in [-0.3, -0.25) is 14.6 Å². The van der Waals surface area contributed by atoms with Crippen molar-refractivity contribution in [2.45, 2.75) is 0 Å². The summed E-state index contributed by atoms with van der Waals surface area (Å²) in [5, 5.41) is 0. The Hall–Kier alpha value is -2.09. The van der Waals surface area contributed by atoms with E-state index >= 15 is 0 Å². The summed E-state index contributed by atoms with van der Waals surface area (Å²) in [6, 6.07) is 14.1. The van der Waals surface area contributed by atoms with Crippen LogP contribution in [0.2, 0.25) is 0 Å². The third-order valence-electron chi connectivity index (χ3n) is 4.53. The number of hydrogen-bond acceptors (Lipinski definition) is 6. The molecule has 3 heterocycles. The van der Waals surface area contributed by atoms with E-state index in [0.29, 0.717) is 21.7 Å². The quantitative estimate of drug-likeness (QED) is 0.594. The summed E-state index contributed by atoms with van der Waals surface area (Å²) < 4.78 is 5.91. The molecule has 0 aliphatic carbocycles. The van der Waals surface area contributed by atoms with Crippen LogP contribution in [-0.2, 0) is 4.79 Å². The molecule has 0 spiro atoms. The summed E-state index contributed by atoms with van der Waals surface area (Å²) in [7, 11) is 0. The molecule has 2 aliphatic heterocycles. The zero-order chi connectivity index (χ0) is 17.9. The molecule has 7 heteroatoms. The minimum Gasteiger partial charge on any atom is -0.465 e. The molecule has 0 radical (unpaired) electrons. The number of piperazine rings is 1. The van der Waals surface area contributed by atoms with Crippen LogP contribution < -0.4 is 4.90 Å². The Morgan fingerprint density at radius 1 is 1.08 bits per heavy atom. The highest BCUT2D eigenvalue weighted by atomic mass is 32.2. The standard InChI is InChI=1S/C19H19N3O2S2/c23-18-17(13-16-7-4-12-24-16)26-19(25)22(18)14-20-8-10-21(11-9-20)15-5-2-1-3-6-15/h1-7,12-13H,8-11,14H2. The van der Waals surface area contributed by atoms with E-state index in [1.165, 1.54) is 17.4 Å². The van der Waals surface area contributed by atoms with Crippen molar-refractivity contribution < 1.29 is 9.21 Å². The number of benzene rings is 1. The van der Waals surface area contributed by atoms with Crippen LogP contribution >= 0.6 is 24.0 Å². The first-order valence-corrected chi connectivity index (χ1v) is 9.74. The second-order valence-corrected chi connectivity index (χ2v) is 7.88. The van der Waals surface area contributed by atoms with Crippen molar-refractivity contribution in [1.82, 2.24) is 9.80 Å². The lowest BCUT2D eigenvalue weighted by molar-refractivity contribution is -0.123. The number of amides is 1. The van der Waals surface area contributed by atoms with Crippen molar-refractivity contribution >= 4 is 46.0 Å². The molecule has 2 aliphatic rings. The number of anilines is 1. The molecule has 0 atom stereocenters. The zero-order valence-electron chi connectivity index (χ0n) is 14.2. The Kier molecular flexibility index (Phi) is 5.10.